The van der Waals surface area contributed by atoms with E-state index >= 15 is 0 Å². The molecular weight excluding hydrogens is 220 g/mol. The van der Waals surface area contributed by atoms with Gasteiger partial charge in [-0.15, -0.1) is 11.3 Å². The highest BCUT2D eigenvalue weighted by molar-refractivity contribution is 7.14. The smallest absolute Gasteiger partial charge is 0.264 e. The predicted molar refractivity (Wildman–Crippen MR) is 67.2 cm³/mol. The lowest BCUT2D eigenvalue weighted by Crippen LogP contribution is -2.58. The maximum Gasteiger partial charge on any atom is 0.264 e. The van der Waals surface area contributed by atoms with Crippen molar-refractivity contribution in [1.82, 2.24) is 10.2 Å². The Morgan fingerprint density at radius 1 is 1.56 bits per heavy atom. The molecule has 0 saturated carbocycles. The van der Waals surface area contributed by atoms with Gasteiger partial charge in [-0.05, 0) is 32.4 Å². The van der Waals surface area contributed by atoms with Crippen LogP contribution in [-0.4, -0.2) is 36.5 Å². The summed E-state index contributed by atoms with van der Waals surface area (Å²) < 4.78 is 0. The van der Waals surface area contributed by atoms with Gasteiger partial charge in [0.25, 0.3) is 5.91 Å². The van der Waals surface area contributed by atoms with Crippen molar-refractivity contribution in [3.63, 3.8) is 0 Å². The van der Waals surface area contributed by atoms with Gasteiger partial charge >= 0.3 is 0 Å². The molecule has 0 aromatic carbocycles. The number of likely N-dealkylation sites (N-methyl/N-ethyl adjacent to an activating group) is 1. The number of nitrogens with zero attached hydrogens (tertiary/aromatic N) is 1. The minimum atomic E-state index is 0.190. The van der Waals surface area contributed by atoms with E-state index in [9.17, 15) is 4.79 Å². The molecule has 88 valence electrons. The van der Waals surface area contributed by atoms with Gasteiger partial charge < -0.3 is 10.2 Å². The van der Waals surface area contributed by atoms with Crippen molar-refractivity contribution in [2.45, 2.75) is 26.8 Å². The van der Waals surface area contributed by atoms with E-state index in [1.807, 2.05) is 17.9 Å². The third-order valence-corrected chi connectivity index (χ3v) is 4.32. The van der Waals surface area contributed by atoms with Gasteiger partial charge in [-0.3, -0.25) is 4.79 Å². The van der Waals surface area contributed by atoms with Gasteiger partial charge in [0.15, 0.2) is 0 Å². The average molecular weight is 238 g/mol. The number of nitrogens with one attached hydrogen (secondary N) is 1. The molecule has 1 aromatic rings. The van der Waals surface area contributed by atoms with Crippen molar-refractivity contribution < 1.29 is 4.79 Å². The summed E-state index contributed by atoms with van der Waals surface area (Å²) in [5, 5.41) is 3.21. The van der Waals surface area contributed by atoms with Crippen molar-refractivity contribution in [1.29, 1.82) is 0 Å². The zero-order valence-corrected chi connectivity index (χ0v) is 10.9. The van der Waals surface area contributed by atoms with E-state index in [-0.39, 0.29) is 5.91 Å². The fraction of sp³-hybridized carbons (Fsp3) is 0.583. The Labute approximate surface area is 100 Å². The van der Waals surface area contributed by atoms with Crippen LogP contribution in [0.4, 0.5) is 0 Å². The molecule has 0 radical (unpaired) electrons. The molecule has 1 fully saturated rings. The number of hydrogen-bond acceptors (Lipinski definition) is 3. The van der Waals surface area contributed by atoms with Gasteiger partial charge in [0.1, 0.15) is 0 Å². The van der Waals surface area contributed by atoms with Crippen LogP contribution in [0, 0.1) is 13.8 Å². The van der Waals surface area contributed by atoms with Crippen LogP contribution in [0.25, 0.3) is 0 Å². The highest BCUT2D eigenvalue weighted by Crippen LogP contribution is 2.23. The summed E-state index contributed by atoms with van der Waals surface area (Å²) in [7, 11) is 0. The topological polar surface area (TPSA) is 32.3 Å². The van der Waals surface area contributed by atoms with E-state index in [4.69, 9.17) is 0 Å². The van der Waals surface area contributed by atoms with E-state index in [0.717, 1.165) is 24.5 Å². The first-order valence-electron chi connectivity index (χ1n) is 5.72. The molecule has 2 rings (SSSR count). The summed E-state index contributed by atoms with van der Waals surface area (Å²) in [5.74, 6) is 0.190. The first kappa shape index (κ1) is 11.6. The summed E-state index contributed by atoms with van der Waals surface area (Å²) in [6, 6.07) is 2.40. The highest BCUT2D eigenvalue weighted by Gasteiger charge is 2.28. The highest BCUT2D eigenvalue weighted by atomic mass is 32.1. The molecule has 0 spiro atoms. The largest absolute Gasteiger partial charge is 0.333 e. The Morgan fingerprint density at radius 2 is 2.25 bits per heavy atom. The molecule has 1 saturated heterocycles. The normalized spacial score (nSPS) is 15.9. The molecule has 0 unspecified atom stereocenters. The van der Waals surface area contributed by atoms with E-state index < -0.39 is 0 Å². The zero-order valence-electron chi connectivity index (χ0n) is 10.0. The molecule has 4 heteroatoms. The number of hydrogen-bond donors (Lipinski definition) is 1. The first-order chi connectivity index (χ1) is 7.63. The van der Waals surface area contributed by atoms with Gasteiger partial charge in [-0.25, -0.2) is 0 Å². The van der Waals surface area contributed by atoms with Gasteiger partial charge in [-0.1, -0.05) is 0 Å². The maximum absolute atomic E-state index is 12.3. The van der Waals surface area contributed by atoms with Crippen molar-refractivity contribution in [3.8, 4) is 0 Å². The summed E-state index contributed by atoms with van der Waals surface area (Å²) in [6.45, 7) is 8.83. The molecule has 1 aliphatic rings. The van der Waals surface area contributed by atoms with Crippen LogP contribution in [0.3, 0.4) is 0 Å². The van der Waals surface area contributed by atoms with Crippen LogP contribution in [0.1, 0.15) is 27.0 Å². The lowest BCUT2D eigenvalue weighted by Gasteiger charge is -2.37. The lowest BCUT2D eigenvalue weighted by atomic mass is 10.1. The average Bonchev–Trinajstić information content (AvgIpc) is 2.52. The van der Waals surface area contributed by atoms with Gasteiger partial charge in [-0.2, -0.15) is 0 Å². The summed E-state index contributed by atoms with van der Waals surface area (Å²) in [6.07, 6.45) is 0. The van der Waals surface area contributed by atoms with Crippen LogP contribution < -0.4 is 5.32 Å². The van der Waals surface area contributed by atoms with Gasteiger partial charge in [0.2, 0.25) is 0 Å². The van der Waals surface area contributed by atoms with Crippen molar-refractivity contribution >= 4 is 17.2 Å². The Hall–Kier alpha value is -0.870. The van der Waals surface area contributed by atoms with Crippen molar-refractivity contribution in [2.24, 2.45) is 0 Å². The first-order valence-corrected chi connectivity index (χ1v) is 6.53. The second-order valence-electron chi connectivity index (χ2n) is 4.25. The van der Waals surface area contributed by atoms with Crippen LogP contribution in [0.15, 0.2) is 6.07 Å². The Balaban J connectivity index is 2.15. The number of aryl methyl sites for hydroxylation is 2. The van der Waals surface area contributed by atoms with E-state index in [1.165, 1.54) is 10.4 Å². The van der Waals surface area contributed by atoms with Gasteiger partial charge in [0, 0.05) is 24.5 Å². The molecule has 16 heavy (non-hydrogen) atoms. The molecule has 0 atom stereocenters. The van der Waals surface area contributed by atoms with Crippen LogP contribution >= 0.6 is 11.3 Å². The third-order valence-electron chi connectivity index (χ3n) is 3.18. The molecule has 1 N–H and O–H groups in total. The van der Waals surface area contributed by atoms with E-state index in [0.29, 0.717) is 6.04 Å². The Morgan fingerprint density at radius 3 is 2.62 bits per heavy atom. The van der Waals surface area contributed by atoms with Crippen LogP contribution in [-0.2, 0) is 0 Å². The maximum atomic E-state index is 12.3. The summed E-state index contributed by atoms with van der Waals surface area (Å²) in [5.41, 5.74) is 1.22. The number of amides is 1. The summed E-state index contributed by atoms with van der Waals surface area (Å²) in [4.78, 5) is 16.4. The fourth-order valence-electron chi connectivity index (χ4n) is 1.88. The SMILES string of the molecule is CCN(C(=O)c1cc(C)c(C)s1)C1CNC1. The zero-order chi connectivity index (χ0) is 11.7. The van der Waals surface area contributed by atoms with E-state index in [1.54, 1.807) is 11.3 Å². The van der Waals surface area contributed by atoms with Crippen molar-refractivity contribution in [2.75, 3.05) is 19.6 Å². The molecular formula is C12H18N2OS. The number of thiophene rings is 1. The molecule has 0 bridgehead atoms. The van der Waals surface area contributed by atoms with Crippen molar-refractivity contribution in [3.05, 3.63) is 21.4 Å². The Kier molecular flexibility index (Phi) is 3.30. The minimum absolute atomic E-state index is 0.190. The minimum Gasteiger partial charge on any atom is -0.333 e. The second kappa shape index (κ2) is 4.55. The molecule has 3 nitrogen and oxygen atoms in total. The molecule has 1 aromatic heterocycles. The lowest BCUT2D eigenvalue weighted by molar-refractivity contribution is 0.0635. The molecule has 2 heterocycles. The number of rotatable bonds is 3. The van der Waals surface area contributed by atoms with Crippen LogP contribution in [0.2, 0.25) is 0 Å². The molecule has 0 aliphatic carbocycles. The molecule has 1 aliphatic heterocycles. The standard InChI is InChI=1S/C12H18N2OS/c1-4-14(10-6-13-7-10)12(15)11-5-8(2)9(3)16-11/h5,10,13H,4,6-7H2,1-3H3. The molecule has 1 amide bonds. The Bertz CT molecular complexity index is 376. The number of carbonyl (C=O) groups is 1. The summed E-state index contributed by atoms with van der Waals surface area (Å²) >= 11 is 1.61. The fourth-order valence-corrected chi connectivity index (χ4v) is 2.87. The third kappa shape index (κ3) is 1.99. The van der Waals surface area contributed by atoms with Gasteiger partial charge in [0.05, 0.1) is 10.9 Å². The predicted octanol–water partition coefficient (Wildman–Crippen LogP) is 1.80. The quantitative estimate of drug-likeness (QED) is 0.871. The second-order valence-corrected chi connectivity index (χ2v) is 5.51. The van der Waals surface area contributed by atoms with E-state index in [2.05, 4.69) is 19.2 Å². The number of carbonyl (C=O) groups excluding carboxylic acids is 1. The monoisotopic (exact) mass is 238 g/mol. The van der Waals surface area contributed by atoms with Crippen LogP contribution in [0.5, 0.6) is 0 Å².